The SMILES string of the molecule is C[C@H]1C[N@+](C)(F)CC[C@H]2C[C@H]21. The van der Waals surface area contributed by atoms with Crippen molar-refractivity contribution in [1.29, 1.82) is 0 Å². The number of halogens is 1. The highest BCUT2D eigenvalue weighted by molar-refractivity contribution is 4.90. The van der Waals surface area contributed by atoms with Gasteiger partial charge in [-0.2, -0.15) is 0 Å². The fourth-order valence-corrected chi connectivity index (χ4v) is 2.56. The third-order valence-corrected chi connectivity index (χ3v) is 3.34. The molecule has 2 aliphatic rings. The Morgan fingerprint density at radius 1 is 1.45 bits per heavy atom. The second kappa shape index (κ2) is 2.19. The minimum Gasteiger partial charge on any atom is -0.132 e. The second-order valence-corrected chi connectivity index (χ2v) is 4.60. The van der Waals surface area contributed by atoms with Crippen molar-refractivity contribution < 1.29 is 9.19 Å². The molecular formula is C9H17FN+. The third-order valence-electron chi connectivity index (χ3n) is 3.34. The molecule has 0 aromatic heterocycles. The molecule has 0 aromatic carbocycles. The normalized spacial score (nSPS) is 56.5. The van der Waals surface area contributed by atoms with Crippen molar-refractivity contribution in [3.63, 3.8) is 0 Å². The fourth-order valence-electron chi connectivity index (χ4n) is 2.56. The van der Waals surface area contributed by atoms with Crippen molar-refractivity contribution in [2.75, 3.05) is 20.1 Å². The number of nitrogens with zero attached hydrogens (tertiary/aromatic N) is 1. The summed E-state index contributed by atoms with van der Waals surface area (Å²) in [6, 6.07) is 0. The van der Waals surface area contributed by atoms with E-state index in [0.29, 0.717) is 5.92 Å². The molecule has 11 heavy (non-hydrogen) atoms. The van der Waals surface area contributed by atoms with Crippen LogP contribution < -0.4 is 0 Å². The van der Waals surface area contributed by atoms with Crippen LogP contribution >= 0.6 is 0 Å². The summed E-state index contributed by atoms with van der Waals surface area (Å²) >= 11 is 0. The molecule has 4 atom stereocenters. The van der Waals surface area contributed by atoms with E-state index in [9.17, 15) is 4.48 Å². The smallest absolute Gasteiger partial charge is 0.117 e. The number of hydrogen-bond acceptors (Lipinski definition) is 0. The van der Waals surface area contributed by atoms with Gasteiger partial charge in [-0.3, -0.25) is 0 Å². The van der Waals surface area contributed by atoms with Crippen LogP contribution in [0.3, 0.4) is 0 Å². The average molecular weight is 158 g/mol. The highest BCUT2D eigenvalue weighted by Crippen LogP contribution is 2.49. The monoisotopic (exact) mass is 158 g/mol. The van der Waals surface area contributed by atoms with Crippen molar-refractivity contribution in [2.24, 2.45) is 17.8 Å². The molecule has 0 spiro atoms. The summed E-state index contributed by atoms with van der Waals surface area (Å²) in [6.45, 7) is 3.68. The Balaban J connectivity index is 2.04. The fraction of sp³-hybridized carbons (Fsp3) is 1.00. The lowest BCUT2D eigenvalue weighted by atomic mass is 10.1. The van der Waals surface area contributed by atoms with E-state index < -0.39 is 0 Å². The first-order valence-electron chi connectivity index (χ1n) is 4.63. The zero-order valence-corrected chi connectivity index (χ0v) is 7.39. The van der Waals surface area contributed by atoms with E-state index in [1.54, 1.807) is 7.05 Å². The molecule has 2 heteroatoms. The first-order chi connectivity index (χ1) is 5.08. The zero-order valence-electron chi connectivity index (χ0n) is 7.39. The lowest BCUT2D eigenvalue weighted by molar-refractivity contribution is -1.04. The van der Waals surface area contributed by atoms with Crippen LogP contribution in [0.15, 0.2) is 0 Å². The maximum absolute atomic E-state index is 13.5. The average Bonchev–Trinajstić information content (AvgIpc) is 2.59. The Bertz CT molecular complexity index is 167. The molecule has 0 unspecified atom stereocenters. The molecule has 0 amide bonds. The van der Waals surface area contributed by atoms with Gasteiger partial charge in [0.1, 0.15) is 20.1 Å². The Hall–Kier alpha value is -0.110. The standard InChI is InChI=1S/C9H17FN/c1-7-6-11(2,10)4-3-8-5-9(7)8/h7-9H,3-6H2,1-2H3/q+1/t7-,8-,9-,11+/m0/s1. The largest absolute Gasteiger partial charge is 0.132 e. The number of hydrogen-bond donors (Lipinski definition) is 0. The van der Waals surface area contributed by atoms with Crippen molar-refractivity contribution >= 4 is 0 Å². The van der Waals surface area contributed by atoms with Crippen LogP contribution in [0.5, 0.6) is 0 Å². The second-order valence-electron chi connectivity index (χ2n) is 4.60. The third kappa shape index (κ3) is 1.41. The van der Waals surface area contributed by atoms with Gasteiger partial charge in [0.25, 0.3) is 0 Å². The van der Waals surface area contributed by atoms with Crippen LogP contribution in [0.2, 0.25) is 0 Å². The predicted octanol–water partition coefficient (Wildman–Crippen LogP) is 1.99. The van der Waals surface area contributed by atoms with Gasteiger partial charge >= 0.3 is 0 Å². The van der Waals surface area contributed by atoms with Crippen molar-refractivity contribution in [3.8, 4) is 0 Å². The highest BCUT2D eigenvalue weighted by Gasteiger charge is 2.47. The van der Waals surface area contributed by atoms with E-state index in [1.165, 1.54) is 6.42 Å². The lowest BCUT2D eigenvalue weighted by Crippen LogP contribution is -2.38. The van der Waals surface area contributed by atoms with Gasteiger partial charge in [0.2, 0.25) is 0 Å². The van der Waals surface area contributed by atoms with E-state index in [0.717, 1.165) is 31.3 Å². The molecule has 1 saturated heterocycles. The van der Waals surface area contributed by atoms with E-state index in [4.69, 9.17) is 0 Å². The first-order valence-corrected chi connectivity index (χ1v) is 4.63. The molecule has 64 valence electrons. The molecule has 1 saturated carbocycles. The molecule has 0 radical (unpaired) electrons. The van der Waals surface area contributed by atoms with Crippen molar-refractivity contribution in [2.45, 2.75) is 19.8 Å². The minimum absolute atomic E-state index is 0.242. The topological polar surface area (TPSA) is 0 Å². The molecule has 1 aliphatic heterocycles. The van der Waals surface area contributed by atoms with E-state index in [2.05, 4.69) is 6.92 Å². The highest BCUT2D eigenvalue weighted by atomic mass is 19.2. The lowest BCUT2D eigenvalue weighted by Gasteiger charge is -2.22. The van der Waals surface area contributed by atoms with E-state index in [-0.39, 0.29) is 4.71 Å². The number of fused-ring (bicyclic) bond motifs is 1. The van der Waals surface area contributed by atoms with Gasteiger partial charge in [0.15, 0.2) is 0 Å². The van der Waals surface area contributed by atoms with Gasteiger partial charge in [-0.05, 0) is 22.7 Å². The van der Waals surface area contributed by atoms with Gasteiger partial charge in [0.05, 0.1) is 0 Å². The number of quaternary nitrogens is 1. The molecule has 1 aliphatic carbocycles. The summed E-state index contributed by atoms with van der Waals surface area (Å²) in [5.74, 6) is 2.35. The molecule has 0 aromatic rings. The van der Waals surface area contributed by atoms with E-state index in [1.807, 2.05) is 0 Å². The summed E-state index contributed by atoms with van der Waals surface area (Å²) in [6.07, 6.45) is 2.49. The van der Waals surface area contributed by atoms with Crippen LogP contribution in [0.4, 0.5) is 4.48 Å². The molecular weight excluding hydrogens is 141 g/mol. The Morgan fingerprint density at radius 3 is 2.91 bits per heavy atom. The quantitative estimate of drug-likeness (QED) is 0.473. The van der Waals surface area contributed by atoms with Crippen LogP contribution in [0.1, 0.15) is 19.8 Å². The maximum atomic E-state index is 13.5. The van der Waals surface area contributed by atoms with E-state index >= 15 is 0 Å². The summed E-state index contributed by atoms with van der Waals surface area (Å²) in [7, 11) is 1.71. The molecule has 1 heterocycles. The zero-order chi connectivity index (χ0) is 8.06. The van der Waals surface area contributed by atoms with Gasteiger partial charge < -0.3 is 0 Å². The molecule has 2 rings (SSSR count). The van der Waals surface area contributed by atoms with Crippen LogP contribution in [-0.4, -0.2) is 24.8 Å². The number of rotatable bonds is 0. The van der Waals surface area contributed by atoms with Crippen LogP contribution in [-0.2, 0) is 0 Å². The molecule has 0 bridgehead atoms. The Morgan fingerprint density at radius 2 is 2.18 bits per heavy atom. The molecule has 2 fully saturated rings. The van der Waals surface area contributed by atoms with Gasteiger partial charge in [-0.25, -0.2) is 0 Å². The predicted molar refractivity (Wildman–Crippen MR) is 42.4 cm³/mol. The number of likely N-dealkylation sites (tertiary alicyclic amines) is 1. The van der Waals surface area contributed by atoms with Crippen LogP contribution in [0.25, 0.3) is 0 Å². The summed E-state index contributed by atoms with van der Waals surface area (Å²) in [4.78, 5) is 0. The first kappa shape index (κ1) is 7.53. The van der Waals surface area contributed by atoms with Crippen molar-refractivity contribution in [1.82, 2.24) is 0 Å². The van der Waals surface area contributed by atoms with Gasteiger partial charge in [-0.1, -0.05) is 6.92 Å². The summed E-state index contributed by atoms with van der Waals surface area (Å²) in [5.41, 5.74) is 0. The minimum atomic E-state index is -0.242. The Kier molecular flexibility index (Phi) is 1.50. The maximum Gasteiger partial charge on any atom is 0.117 e. The van der Waals surface area contributed by atoms with Gasteiger partial charge in [-0.15, -0.1) is 4.71 Å². The van der Waals surface area contributed by atoms with Crippen LogP contribution in [0, 0.1) is 17.8 Å². The summed E-state index contributed by atoms with van der Waals surface area (Å²) in [5, 5.41) is 0. The van der Waals surface area contributed by atoms with Crippen molar-refractivity contribution in [3.05, 3.63) is 0 Å². The summed E-state index contributed by atoms with van der Waals surface area (Å²) < 4.78 is 13.3. The van der Waals surface area contributed by atoms with Gasteiger partial charge in [0, 0.05) is 12.3 Å². The Labute approximate surface area is 67.7 Å². The molecule has 0 N–H and O–H groups in total. The molecule has 1 nitrogen and oxygen atoms in total.